The lowest BCUT2D eigenvalue weighted by molar-refractivity contribution is -0.141. The van der Waals surface area contributed by atoms with E-state index in [4.69, 9.17) is 0 Å². The van der Waals surface area contributed by atoms with Gasteiger partial charge in [0.15, 0.2) is 0 Å². The van der Waals surface area contributed by atoms with E-state index in [0.717, 1.165) is 6.29 Å². The van der Waals surface area contributed by atoms with E-state index in [1.54, 1.807) is 6.92 Å². The highest BCUT2D eigenvalue weighted by Crippen LogP contribution is 1.96. The molecule has 0 rings (SSSR count). The van der Waals surface area contributed by atoms with E-state index < -0.39 is 0 Å². The Balaban J connectivity index is 3.19. The van der Waals surface area contributed by atoms with Gasteiger partial charge in [0.2, 0.25) is 0 Å². The molecule has 3 nitrogen and oxygen atoms in total. The molecule has 0 aliphatic carbocycles. The number of rotatable bonds is 4. The summed E-state index contributed by atoms with van der Waals surface area (Å²) in [6.45, 7) is 3.48. The first-order valence-corrected chi connectivity index (χ1v) is 3.25. The third kappa shape index (κ3) is 5.28. The zero-order chi connectivity index (χ0) is 7.98. The van der Waals surface area contributed by atoms with Crippen LogP contribution in [0.5, 0.6) is 0 Å². The maximum atomic E-state index is 10.2. The van der Waals surface area contributed by atoms with Gasteiger partial charge in [-0.15, -0.1) is 0 Å². The third-order valence-electron chi connectivity index (χ3n) is 1.11. The Labute approximate surface area is 60.4 Å². The molecule has 0 spiro atoms. The predicted molar refractivity (Wildman–Crippen MR) is 36.5 cm³/mol. The van der Waals surface area contributed by atoms with Crippen molar-refractivity contribution in [2.45, 2.75) is 20.3 Å². The highest BCUT2D eigenvalue weighted by Gasteiger charge is 1.99. The van der Waals surface area contributed by atoms with Crippen molar-refractivity contribution in [2.24, 2.45) is 5.92 Å². The van der Waals surface area contributed by atoms with Crippen LogP contribution in [0.15, 0.2) is 0 Å². The second-order valence-corrected chi connectivity index (χ2v) is 2.24. The van der Waals surface area contributed by atoms with Crippen molar-refractivity contribution in [3.05, 3.63) is 0 Å². The van der Waals surface area contributed by atoms with Gasteiger partial charge in [0.25, 0.3) is 0 Å². The molecule has 0 bridgehead atoms. The van der Waals surface area contributed by atoms with Crippen LogP contribution in [0.1, 0.15) is 20.3 Å². The van der Waals surface area contributed by atoms with E-state index in [0.29, 0.717) is 13.0 Å². The maximum absolute atomic E-state index is 10.2. The third-order valence-corrected chi connectivity index (χ3v) is 1.11. The molecule has 0 radical (unpaired) electrons. The molecule has 3 heteroatoms. The van der Waals surface area contributed by atoms with E-state index in [1.165, 1.54) is 6.92 Å². The fraction of sp³-hybridized carbons (Fsp3) is 0.714. The number of carbonyl (C=O) groups excluding carboxylic acids is 2. The lowest BCUT2D eigenvalue weighted by atomic mass is 10.1. The van der Waals surface area contributed by atoms with E-state index in [9.17, 15) is 9.59 Å². The van der Waals surface area contributed by atoms with Crippen LogP contribution in [-0.2, 0) is 14.3 Å². The molecule has 1 atom stereocenters. The van der Waals surface area contributed by atoms with Gasteiger partial charge in [-0.3, -0.25) is 4.79 Å². The number of hydrogen-bond donors (Lipinski definition) is 0. The Morgan fingerprint density at radius 1 is 1.70 bits per heavy atom. The minimum Gasteiger partial charge on any atom is -0.466 e. The van der Waals surface area contributed by atoms with Crippen LogP contribution in [-0.4, -0.2) is 18.9 Å². The smallest absolute Gasteiger partial charge is 0.302 e. The molecule has 0 aromatic heterocycles. The first-order chi connectivity index (χ1) is 4.66. The normalized spacial score (nSPS) is 12.2. The van der Waals surface area contributed by atoms with Crippen molar-refractivity contribution in [3.63, 3.8) is 0 Å². The van der Waals surface area contributed by atoms with Crippen LogP contribution >= 0.6 is 0 Å². The average Bonchev–Trinajstić information content (AvgIpc) is 1.87. The highest BCUT2D eigenvalue weighted by molar-refractivity contribution is 5.65. The van der Waals surface area contributed by atoms with Crippen molar-refractivity contribution in [1.82, 2.24) is 0 Å². The van der Waals surface area contributed by atoms with E-state index in [-0.39, 0.29) is 11.9 Å². The lowest BCUT2D eigenvalue weighted by Crippen LogP contribution is -2.05. The van der Waals surface area contributed by atoms with Crippen LogP contribution in [0.3, 0.4) is 0 Å². The SMILES string of the molecule is CC(=O)OCC[C@H](C)C=O. The topological polar surface area (TPSA) is 43.4 Å². The van der Waals surface area contributed by atoms with E-state index in [2.05, 4.69) is 4.74 Å². The van der Waals surface area contributed by atoms with Crippen LogP contribution in [0.2, 0.25) is 0 Å². The molecule has 58 valence electrons. The van der Waals surface area contributed by atoms with Gasteiger partial charge < -0.3 is 9.53 Å². The number of hydrogen-bond acceptors (Lipinski definition) is 3. The first kappa shape index (κ1) is 9.14. The largest absolute Gasteiger partial charge is 0.466 e. The fourth-order valence-corrected chi connectivity index (χ4v) is 0.457. The highest BCUT2D eigenvalue weighted by atomic mass is 16.5. The molecule has 0 unspecified atom stereocenters. The molecule has 0 fully saturated rings. The summed E-state index contributed by atoms with van der Waals surface area (Å²) in [6, 6.07) is 0. The quantitative estimate of drug-likeness (QED) is 0.432. The summed E-state index contributed by atoms with van der Waals surface area (Å²) in [4.78, 5) is 20.2. The van der Waals surface area contributed by atoms with Gasteiger partial charge in [-0.05, 0) is 6.42 Å². The Kier molecular flexibility index (Phi) is 4.54. The second-order valence-electron chi connectivity index (χ2n) is 2.24. The van der Waals surface area contributed by atoms with Crippen LogP contribution in [0.25, 0.3) is 0 Å². The molecule has 0 aliphatic rings. The maximum Gasteiger partial charge on any atom is 0.302 e. The summed E-state index contributed by atoms with van der Waals surface area (Å²) >= 11 is 0. The number of carbonyl (C=O) groups is 2. The fourth-order valence-electron chi connectivity index (χ4n) is 0.457. The monoisotopic (exact) mass is 144 g/mol. The Morgan fingerprint density at radius 2 is 2.30 bits per heavy atom. The molecule has 0 saturated carbocycles. The predicted octanol–water partition coefficient (Wildman–Crippen LogP) is 0.775. The molecular formula is C7H12O3. The summed E-state index contributed by atoms with van der Waals surface area (Å²) in [5, 5.41) is 0. The zero-order valence-corrected chi connectivity index (χ0v) is 6.29. The molecule has 10 heavy (non-hydrogen) atoms. The summed E-state index contributed by atoms with van der Waals surface area (Å²) in [7, 11) is 0. The van der Waals surface area contributed by atoms with Crippen molar-refractivity contribution in [1.29, 1.82) is 0 Å². The Morgan fingerprint density at radius 3 is 2.70 bits per heavy atom. The average molecular weight is 144 g/mol. The minimum absolute atomic E-state index is 0.0145. The van der Waals surface area contributed by atoms with Gasteiger partial charge in [0.1, 0.15) is 6.29 Å². The second kappa shape index (κ2) is 4.97. The molecule has 0 N–H and O–H groups in total. The molecule has 0 aromatic rings. The van der Waals surface area contributed by atoms with E-state index >= 15 is 0 Å². The van der Waals surface area contributed by atoms with Gasteiger partial charge in [0.05, 0.1) is 6.61 Å². The Bertz CT molecular complexity index is 120. The van der Waals surface area contributed by atoms with E-state index in [1.807, 2.05) is 0 Å². The van der Waals surface area contributed by atoms with Crippen LogP contribution in [0, 0.1) is 5.92 Å². The molecule has 0 saturated heterocycles. The lowest BCUT2D eigenvalue weighted by Gasteiger charge is -2.02. The van der Waals surface area contributed by atoms with Gasteiger partial charge >= 0.3 is 5.97 Å². The summed E-state index contributed by atoms with van der Waals surface area (Å²) in [5.74, 6) is -0.308. The summed E-state index contributed by atoms with van der Waals surface area (Å²) in [6.07, 6.45) is 1.46. The first-order valence-electron chi connectivity index (χ1n) is 3.25. The number of ether oxygens (including phenoxy) is 1. The Hall–Kier alpha value is -0.860. The number of esters is 1. The van der Waals surface area contributed by atoms with Crippen molar-refractivity contribution in [2.75, 3.05) is 6.61 Å². The van der Waals surface area contributed by atoms with Crippen molar-refractivity contribution in [3.8, 4) is 0 Å². The molecule has 0 aliphatic heterocycles. The molecule has 0 aromatic carbocycles. The van der Waals surface area contributed by atoms with Gasteiger partial charge in [-0.1, -0.05) is 6.92 Å². The van der Waals surface area contributed by atoms with Gasteiger partial charge in [-0.2, -0.15) is 0 Å². The molecule has 0 heterocycles. The van der Waals surface area contributed by atoms with Crippen LogP contribution in [0.4, 0.5) is 0 Å². The van der Waals surface area contributed by atoms with Crippen molar-refractivity contribution < 1.29 is 14.3 Å². The van der Waals surface area contributed by atoms with Gasteiger partial charge in [-0.25, -0.2) is 0 Å². The summed E-state index contributed by atoms with van der Waals surface area (Å²) in [5.41, 5.74) is 0. The summed E-state index contributed by atoms with van der Waals surface area (Å²) < 4.78 is 4.62. The van der Waals surface area contributed by atoms with Crippen molar-refractivity contribution >= 4 is 12.3 Å². The minimum atomic E-state index is -0.293. The molecule has 0 amide bonds. The van der Waals surface area contributed by atoms with Gasteiger partial charge in [0, 0.05) is 12.8 Å². The molecular weight excluding hydrogens is 132 g/mol. The standard InChI is InChI=1S/C7H12O3/c1-6(5-8)3-4-10-7(2)9/h5-6H,3-4H2,1-2H3/t6-/m0/s1. The van der Waals surface area contributed by atoms with Crippen LogP contribution < -0.4 is 0 Å². The zero-order valence-electron chi connectivity index (χ0n) is 6.29. The number of aldehydes is 1.